The molecule has 150 valence electrons. The average Bonchev–Trinajstić information content (AvgIpc) is 2.77. The van der Waals surface area contributed by atoms with E-state index in [4.69, 9.17) is 4.99 Å². The minimum absolute atomic E-state index is 0.0701. The van der Waals surface area contributed by atoms with E-state index < -0.39 is 0 Å². The number of guanidine groups is 1. The molecule has 0 aliphatic rings. The van der Waals surface area contributed by atoms with Crippen LogP contribution in [0.5, 0.6) is 0 Å². The molecule has 3 aromatic rings. The first-order valence-electron chi connectivity index (χ1n) is 9.87. The summed E-state index contributed by atoms with van der Waals surface area (Å²) in [5, 5.41) is 10.4. The molecule has 0 radical (unpaired) electrons. The second-order valence-electron chi connectivity index (χ2n) is 6.64. The Labute approximate surface area is 171 Å². The van der Waals surface area contributed by atoms with Gasteiger partial charge in [-0.2, -0.15) is 0 Å². The van der Waals surface area contributed by atoms with E-state index in [1.807, 2.05) is 61.7 Å². The quantitative estimate of drug-likeness (QED) is 0.429. The van der Waals surface area contributed by atoms with Gasteiger partial charge in [0.05, 0.1) is 12.1 Å². The van der Waals surface area contributed by atoms with Crippen molar-refractivity contribution in [3.05, 3.63) is 77.5 Å². The summed E-state index contributed by atoms with van der Waals surface area (Å²) in [6.45, 7) is 4.13. The van der Waals surface area contributed by atoms with Crippen molar-refractivity contribution < 1.29 is 4.79 Å². The third-order valence-electron chi connectivity index (χ3n) is 4.61. The number of carbonyl (C=O) groups is 1. The van der Waals surface area contributed by atoms with Crippen molar-refractivity contribution in [1.29, 1.82) is 0 Å². The fourth-order valence-electron chi connectivity index (χ4n) is 3.14. The maximum absolute atomic E-state index is 11.8. The zero-order valence-corrected chi connectivity index (χ0v) is 16.9. The highest BCUT2D eigenvalue weighted by Crippen LogP contribution is 2.16. The number of fused-ring (bicyclic) bond motifs is 1. The number of pyridine rings is 1. The van der Waals surface area contributed by atoms with Gasteiger partial charge < -0.3 is 16.0 Å². The number of aromatic nitrogens is 1. The molecule has 6 nitrogen and oxygen atoms in total. The zero-order chi connectivity index (χ0) is 20.5. The SMILES string of the molecule is CCNC(=NCc1ccnc2ccccc12)NCCc1cccc(C(=O)NC)c1. The number of benzene rings is 2. The summed E-state index contributed by atoms with van der Waals surface area (Å²) in [6, 6.07) is 17.8. The molecule has 0 fully saturated rings. The highest BCUT2D eigenvalue weighted by Gasteiger charge is 2.05. The number of carbonyl (C=O) groups excluding carboxylic acids is 1. The van der Waals surface area contributed by atoms with Gasteiger partial charge in [-0.3, -0.25) is 9.78 Å². The molecule has 0 unspecified atom stereocenters. The van der Waals surface area contributed by atoms with E-state index in [-0.39, 0.29) is 5.91 Å². The van der Waals surface area contributed by atoms with Crippen LogP contribution in [0.25, 0.3) is 10.9 Å². The van der Waals surface area contributed by atoms with Crippen LogP contribution >= 0.6 is 0 Å². The molecule has 0 bridgehead atoms. The van der Waals surface area contributed by atoms with E-state index in [1.165, 1.54) is 0 Å². The minimum atomic E-state index is -0.0701. The lowest BCUT2D eigenvalue weighted by Crippen LogP contribution is -2.38. The van der Waals surface area contributed by atoms with Crippen molar-refractivity contribution in [2.45, 2.75) is 19.9 Å². The maximum atomic E-state index is 11.8. The first-order valence-corrected chi connectivity index (χ1v) is 9.87. The molecular weight excluding hydrogens is 362 g/mol. The highest BCUT2D eigenvalue weighted by atomic mass is 16.1. The van der Waals surface area contributed by atoms with Crippen LogP contribution in [-0.4, -0.2) is 37.0 Å². The lowest BCUT2D eigenvalue weighted by atomic mass is 10.1. The molecule has 0 saturated carbocycles. The van der Waals surface area contributed by atoms with Crippen LogP contribution in [0.4, 0.5) is 0 Å². The number of nitrogens with zero attached hydrogens (tertiary/aromatic N) is 2. The van der Waals surface area contributed by atoms with Crippen LogP contribution < -0.4 is 16.0 Å². The predicted octanol–water partition coefficient (Wildman–Crippen LogP) is 2.89. The molecule has 2 aromatic carbocycles. The first kappa shape index (κ1) is 20.3. The number of para-hydroxylation sites is 1. The molecule has 1 heterocycles. The minimum Gasteiger partial charge on any atom is -0.357 e. The van der Waals surface area contributed by atoms with E-state index in [0.29, 0.717) is 12.1 Å². The van der Waals surface area contributed by atoms with Gasteiger partial charge in [-0.25, -0.2) is 4.99 Å². The molecular formula is C23H27N5O. The second kappa shape index (κ2) is 10.2. The average molecular weight is 390 g/mol. The summed E-state index contributed by atoms with van der Waals surface area (Å²) in [7, 11) is 1.64. The topological polar surface area (TPSA) is 78.4 Å². The van der Waals surface area contributed by atoms with Crippen LogP contribution in [0.2, 0.25) is 0 Å². The summed E-state index contributed by atoms with van der Waals surface area (Å²) in [6.07, 6.45) is 2.63. The van der Waals surface area contributed by atoms with Gasteiger partial charge in [0, 0.05) is 37.3 Å². The Hall–Kier alpha value is -3.41. The van der Waals surface area contributed by atoms with Crippen LogP contribution in [-0.2, 0) is 13.0 Å². The molecule has 3 N–H and O–H groups in total. The molecule has 0 saturated heterocycles. The lowest BCUT2D eigenvalue weighted by Gasteiger charge is -2.12. The van der Waals surface area contributed by atoms with E-state index in [1.54, 1.807) is 7.05 Å². The van der Waals surface area contributed by atoms with Crippen molar-refractivity contribution in [3.63, 3.8) is 0 Å². The monoisotopic (exact) mass is 389 g/mol. The molecule has 1 amide bonds. The number of rotatable bonds is 7. The van der Waals surface area contributed by atoms with Crippen molar-refractivity contribution in [2.75, 3.05) is 20.1 Å². The molecule has 0 aliphatic heterocycles. The third kappa shape index (κ3) is 5.54. The zero-order valence-electron chi connectivity index (χ0n) is 16.9. The van der Waals surface area contributed by atoms with Gasteiger partial charge in [0.25, 0.3) is 5.91 Å². The normalized spacial score (nSPS) is 11.3. The smallest absolute Gasteiger partial charge is 0.251 e. The van der Waals surface area contributed by atoms with Gasteiger partial charge in [0.1, 0.15) is 0 Å². The molecule has 0 atom stereocenters. The standard InChI is InChI=1S/C23H27N5O/c1-3-25-23(27-13-11-17-7-6-8-18(15-17)22(29)24-2)28-16-19-12-14-26-21-10-5-4-9-20(19)21/h4-10,12,14-15H,3,11,13,16H2,1-2H3,(H,24,29)(H2,25,27,28). The third-order valence-corrected chi connectivity index (χ3v) is 4.61. The Kier molecular flexibility index (Phi) is 7.16. The fraction of sp³-hybridized carbons (Fsp3) is 0.261. The van der Waals surface area contributed by atoms with E-state index >= 15 is 0 Å². The molecule has 6 heteroatoms. The molecule has 3 rings (SSSR count). The van der Waals surface area contributed by atoms with Crippen LogP contribution in [0.1, 0.15) is 28.4 Å². The maximum Gasteiger partial charge on any atom is 0.251 e. The summed E-state index contributed by atoms with van der Waals surface area (Å²) in [4.78, 5) is 20.9. The van der Waals surface area contributed by atoms with Crippen LogP contribution in [0.15, 0.2) is 65.8 Å². The van der Waals surface area contributed by atoms with Gasteiger partial charge in [-0.05, 0) is 48.7 Å². The summed E-state index contributed by atoms with van der Waals surface area (Å²) in [5.41, 5.74) is 3.91. The first-order chi connectivity index (χ1) is 14.2. The Morgan fingerprint density at radius 2 is 1.93 bits per heavy atom. The number of hydrogen-bond donors (Lipinski definition) is 3. The lowest BCUT2D eigenvalue weighted by molar-refractivity contribution is 0.0963. The summed E-state index contributed by atoms with van der Waals surface area (Å²) < 4.78 is 0. The van der Waals surface area contributed by atoms with Crippen LogP contribution in [0, 0.1) is 0 Å². The van der Waals surface area contributed by atoms with Gasteiger partial charge in [0.2, 0.25) is 0 Å². The van der Waals surface area contributed by atoms with Crippen molar-refractivity contribution in [3.8, 4) is 0 Å². The van der Waals surface area contributed by atoms with Crippen molar-refractivity contribution in [1.82, 2.24) is 20.9 Å². The molecule has 29 heavy (non-hydrogen) atoms. The Morgan fingerprint density at radius 1 is 1.07 bits per heavy atom. The number of hydrogen-bond acceptors (Lipinski definition) is 3. The van der Waals surface area contributed by atoms with Gasteiger partial charge >= 0.3 is 0 Å². The van der Waals surface area contributed by atoms with E-state index in [9.17, 15) is 4.79 Å². The predicted molar refractivity (Wildman–Crippen MR) is 118 cm³/mol. The van der Waals surface area contributed by atoms with Crippen molar-refractivity contribution in [2.24, 2.45) is 4.99 Å². The van der Waals surface area contributed by atoms with E-state index in [2.05, 4.69) is 27.0 Å². The second-order valence-corrected chi connectivity index (χ2v) is 6.64. The number of amides is 1. The van der Waals surface area contributed by atoms with E-state index in [0.717, 1.165) is 47.5 Å². The number of aliphatic imine (C=N–C) groups is 1. The Bertz CT molecular complexity index is 994. The Morgan fingerprint density at radius 3 is 2.76 bits per heavy atom. The van der Waals surface area contributed by atoms with Gasteiger partial charge in [-0.1, -0.05) is 30.3 Å². The van der Waals surface area contributed by atoms with Gasteiger partial charge in [0.15, 0.2) is 5.96 Å². The molecule has 0 spiro atoms. The van der Waals surface area contributed by atoms with Gasteiger partial charge in [-0.15, -0.1) is 0 Å². The molecule has 0 aliphatic carbocycles. The molecule has 1 aromatic heterocycles. The summed E-state index contributed by atoms with van der Waals surface area (Å²) in [5.74, 6) is 0.704. The highest BCUT2D eigenvalue weighted by molar-refractivity contribution is 5.94. The number of nitrogens with one attached hydrogen (secondary N) is 3. The summed E-state index contributed by atoms with van der Waals surface area (Å²) >= 11 is 0. The largest absolute Gasteiger partial charge is 0.357 e. The fourth-order valence-corrected chi connectivity index (χ4v) is 3.14. The van der Waals surface area contributed by atoms with Crippen LogP contribution in [0.3, 0.4) is 0 Å². The Balaban J connectivity index is 1.63. The van der Waals surface area contributed by atoms with Crippen molar-refractivity contribution >= 4 is 22.8 Å².